The molecule has 2 rings (SSSR count). The van der Waals surface area contributed by atoms with Gasteiger partial charge in [0.25, 0.3) is 5.91 Å². The van der Waals surface area contributed by atoms with E-state index in [0.717, 1.165) is 0 Å². The molecule has 0 unspecified atom stereocenters. The Kier molecular flexibility index (Phi) is 4.92. The smallest absolute Gasteiger partial charge is 0.269 e. The molecule has 114 valence electrons. The van der Waals surface area contributed by atoms with Crippen LogP contribution in [0.3, 0.4) is 0 Å². The lowest BCUT2D eigenvalue weighted by Gasteiger charge is -2.13. The third-order valence-electron chi connectivity index (χ3n) is 3.31. The molecule has 0 aliphatic rings. The maximum absolute atomic E-state index is 13.7. The lowest BCUT2D eigenvalue weighted by Crippen LogP contribution is -2.29. The molecule has 0 atom stereocenters. The highest BCUT2D eigenvalue weighted by molar-refractivity contribution is 5.96. The van der Waals surface area contributed by atoms with Gasteiger partial charge in [0.05, 0.1) is 17.9 Å². The molecule has 0 saturated heterocycles. The van der Waals surface area contributed by atoms with Gasteiger partial charge in [-0.3, -0.25) is 4.79 Å². The molecular weight excluding hydrogens is 285 g/mol. The second-order valence-electron chi connectivity index (χ2n) is 4.69. The molecule has 6 heteroatoms. The minimum atomic E-state index is -0.401. The number of nitriles is 1. The van der Waals surface area contributed by atoms with E-state index in [-0.39, 0.29) is 17.1 Å². The van der Waals surface area contributed by atoms with E-state index < -0.39 is 5.91 Å². The Balaban J connectivity index is 2.46. The first kappa shape index (κ1) is 15.7. The van der Waals surface area contributed by atoms with E-state index >= 15 is 0 Å². The predicted molar refractivity (Wildman–Crippen MR) is 79.4 cm³/mol. The molecule has 1 aromatic carbocycles. The van der Waals surface area contributed by atoms with Crippen LogP contribution in [0.5, 0.6) is 0 Å². The molecule has 22 heavy (non-hydrogen) atoms. The van der Waals surface area contributed by atoms with Crippen molar-refractivity contribution in [2.24, 2.45) is 0 Å². The van der Waals surface area contributed by atoms with Crippen LogP contribution in [0.15, 0.2) is 30.5 Å². The number of aromatic nitrogens is 1. The van der Waals surface area contributed by atoms with E-state index in [1.807, 2.05) is 6.07 Å². The van der Waals surface area contributed by atoms with Crippen LogP contribution in [0.1, 0.15) is 21.6 Å². The highest BCUT2D eigenvalue weighted by Gasteiger charge is 2.19. The number of hydrogen-bond donors (Lipinski definition) is 1. The largest absolute Gasteiger partial charge is 0.383 e. The van der Waals surface area contributed by atoms with E-state index in [1.54, 1.807) is 25.3 Å². The summed E-state index contributed by atoms with van der Waals surface area (Å²) in [5.74, 6) is -0.766. The Morgan fingerprint density at radius 1 is 1.45 bits per heavy atom. The molecule has 1 aromatic heterocycles. The number of halogens is 1. The summed E-state index contributed by atoms with van der Waals surface area (Å²) in [5, 5.41) is 11.9. The topological polar surface area (TPSA) is 67.0 Å². The van der Waals surface area contributed by atoms with Crippen molar-refractivity contribution in [1.29, 1.82) is 5.26 Å². The zero-order valence-corrected chi connectivity index (χ0v) is 12.4. The zero-order valence-electron chi connectivity index (χ0n) is 12.4. The summed E-state index contributed by atoms with van der Waals surface area (Å²) in [6, 6.07) is 8.14. The van der Waals surface area contributed by atoms with Gasteiger partial charge in [-0.15, -0.1) is 0 Å². The molecule has 1 amide bonds. The molecule has 0 bridgehead atoms. The Labute approximate surface area is 127 Å². The highest BCUT2D eigenvalue weighted by Crippen LogP contribution is 2.21. The molecule has 0 fully saturated rings. The van der Waals surface area contributed by atoms with Gasteiger partial charge in [0.2, 0.25) is 0 Å². The van der Waals surface area contributed by atoms with Crippen LogP contribution in [0.2, 0.25) is 0 Å². The summed E-state index contributed by atoms with van der Waals surface area (Å²) in [7, 11) is 1.53. The Hall–Kier alpha value is -2.65. The number of rotatable bonds is 5. The SMILES string of the molecule is COCCNC(=O)c1c(C#N)ccn1-c1cccc(F)c1C. The number of nitrogens with zero attached hydrogens (tertiary/aromatic N) is 2. The number of ether oxygens (including phenoxy) is 1. The number of benzene rings is 1. The van der Waals surface area contributed by atoms with Crippen molar-refractivity contribution < 1.29 is 13.9 Å². The van der Waals surface area contributed by atoms with Gasteiger partial charge in [-0.05, 0) is 25.1 Å². The standard InChI is InChI=1S/C16H16FN3O2/c1-11-13(17)4-3-5-14(11)20-8-6-12(10-18)15(20)16(21)19-7-9-22-2/h3-6,8H,7,9H2,1-2H3,(H,19,21). The first-order valence-electron chi connectivity index (χ1n) is 6.74. The van der Waals surface area contributed by atoms with Crippen molar-refractivity contribution in [2.45, 2.75) is 6.92 Å². The van der Waals surface area contributed by atoms with Crippen LogP contribution in [0.4, 0.5) is 4.39 Å². The Morgan fingerprint density at radius 3 is 2.91 bits per heavy atom. The van der Waals surface area contributed by atoms with E-state index in [4.69, 9.17) is 4.74 Å². The zero-order chi connectivity index (χ0) is 16.1. The minimum Gasteiger partial charge on any atom is -0.383 e. The van der Waals surface area contributed by atoms with Crippen LogP contribution in [0.25, 0.3) is 5.69 Å². The molecule has 0 aliphatic carbocycles. The lowest BCUT2D eigenvalue weighted by molar-refractivity contribution is 0.0930. The van der Waals surface area contributed by atoms with E-state index in [2.05, 4.69) is 5.32 Å². The number of nitrogens with one attached hydrogen (secondary N) is 1. The van der Waals surface area contributed by atoms with E-state index in [9.17, 15) is 14.4 Å². The average molecular weight is 301 g/mol. The van der Waals surface area contributed by atoms with Crippen LogP contribution in [-0.2, 0) is 4.74 Å². The van der Waals surface area contributed by atoms with Gasteiger partial charge in [0, 0.05) is 25.4 Å². The summed E-state index contributed by atoms with van der Waals surface area (Å²) in [4.78, 5) is 12.3. The Morgan fingerprint density at radius 2 is 2.23 bits per heavy atom. The fourth-order valence-corrected chi connectivity index (χ4v) is 2.16. The van der Waals surface area contributed by atoms with Crippen molar-refractivity contribution in [3.8, 4) is 11.8 Å². The van der Waals surface area contributed by atoms with Gasteiger partial charge in [0.15, 0.2) is 0 Å². The monoisotopic (exact) mass is 301 g/mol. The van der Waals surface area contributed by atoms with Crippen molar-refractivity contribution >= 4 is 5.91 Å². The van der Waals surface area contributed by atoms with Crippen molar-refractivity contribution in [2.75, 3.05) is 20.3 Å². The first-order chi connectivity index (χ1) is 10.6. The van der Waals surface area contributed by atoms with Crippen LogP contribution >= 0.6 is 0 Å². The van der Waals surface area contributed by atoms with Crippen molar-refractivity contribution in [1.82, 2.24) is 9.88 Å². The van der Waals surface area contributed by atoms with Gasteiger partial charge in [-0.25, -0.2) is 4.39 Å². The second-order valence-corrected chi connectivity index (χ2v) is 4.69. The quantitative estimate of drug-likeness (QED) is 0.861. The molecule has 0 saturated carbocycles. The Bertz CT molecular complexity index is 731. The van der Waals surface area contributed by atoms with Gasteiger partial charge in [-0.1, -0.05) is 6.07 Å². The molecule has 0 aliphatic heterocycles. The number of methoxy groups -OCH3 is 1. The predicted octanol–water partition coefficient (Wildman–Crippen LogP) is 2.17. The molecule has 0 spiro atoms. The van der Waals surface area contributed by atoms with Gasteiger partial charge in [-0.2, -0.15) is 5.26 Å². The lowest BCUT2D eigenvalue weighted by atomic mass is 10.1. The number of amides is 1. The van der Waals surface area contributed by atoms with Gasteiger partial charge in [0.1, 0.15) is 17.6 Å². The summed E-state index contributed by atoms with van der Waals surface area (Å²) < 4.78 is 20.1. The molecule has 0 radical (unpaired) electrons. The van der Waals surface area contributed by atoms with E-state index in [0.29, 0.717) is 24.4 Å². The summed E-state index contributed by atoms with van der Waals surface area (Å²) in [5.41, 5.74) is 1.36. The van der Waals surface area contributed by atoms with Crippen LogP contribution in [-0.4, -0.2) is 30.7 Å². The third-order valence-corrected chi connectivity index (χ3v) is 3.31. The molecular formula is C16H16FN3O2. The maximum Gasteiger partial charge on any atom is 0.269 e. The van der Waals surface area contributed by atoms with Crippen molar-refractivity contribution in [3.05, 3.63) is 53.1 Å². The fourth-order valence-electron chi connectivity index (χ4n) is 2.16. The van der Waals surface area contributed by atoms with Crippen LogP contribution in [0, 0.1) is 24.1 Å². The average Bonchev–Trinajstić information content (AvgIpc) is 2.94. The summed E-state index contributed by atoms with van der Waals surface area (Å²) in [6.45, 7) is 2.32. The van der Waals surface area contributed by atoms with Gasteiger partial charge >= 0.3 is 0 Å². The van der Waals surface area contributed by atoms with Crippen LogP contribution < -0.4 is 5.32 Å². The van der Waals surface area contributed by atoms with Crippen molar-refractivity contribution in [3.63, 3.8) is 0 Å². The second kappa shape index (κ2) is 6.87. The minimum absolute atomic E-state index is 0.187. The highest BCUT2D eigenvalue weighted by atomic mass is 19.1. The molecule has 1 heterocycles. The summed E-state index contributed by atoms with van der Waals surface area (Å²) in [6.07, 6.45) is 1.59. The third kappa shape index (κ3) is 3.00. The fraction of sp³-hybridized carbons (Fsp3) is 0.250. The molecule has 1 N–H and O–H groups in total. The number of hydrogen-bond acceptors (Lipinski definition) is 3. The maximum atomic E-state index is 13.7. The number of carbonyl (C=O) groups excluding carboxylic acids is 1. The normalized spacial score (nSPS) is 10.3. The molecule has 5 nitrogen and oxygen atoms in total. The number of carbonyl (C=O) groups is 1. The first-order valence-corrected chi connectivity index (χ1v) is 6.74. The molecule has 2 aromatic rings. The van der Waals surface area contributed by atoms with Gasteiger partial charge < -0.3 is 14.6 Å². The van der Waals surface area contributed by atoms with E-state index in [1.165, 1.54) is 23.8 Å². The summed E-state index contributed by atoms with van der Waals surface area (Å²) >= 11 is 0.